The van der Waals surface area contributed by atoms with Crippen LogP contribution in [-0.2, 0) is 11.3 Å². The second-order valence-electron chi connectivity index (χ2n) is 3.59. The van der Waals surface area contributed by atoms with Gasteiger partial charge in [0.25, 0.3) is 0 Å². The maximum absolute atomic E-state index is 13.4. The van der Waals surface area contributed by atoms with Crippen molar-refractivity contribution in [2.75, 3.05) is 6.54 Å². The SMILES string of the molecule is Cc1c(C(F)CN)ccc2c1COC2=O. The molecule has 0 radical (unpaired) electrons. The van der Waals surface area contributed by atoms with Gasteiger partial charge >= 0.3 is 5.97 Å². The minimum absolute atomic E-state index is 0.0472. The maximum Gasteiger partial charge on any atom is 0.338 e. The highest BCUT2D eigenvalue weighted by Gasteiger charge is 2.25. The second-order valence-corrected chi connectivity index (χ2v) is 3.59. The predicted octanol–water partition coefficient (Wildman–Crippen LogP) is 1.63. The van der Waals surface area contributed by atoms with Gasteiger partial charge < -0.3 is 10.5 Å². The molecule has 2 N–H and O–H groups in total. The van der Waals surface area contributed by atoms with Gasteiger partial charge in [-0.2, -0.15) is 0 Å². The zero-order valence-corrected chi connectivity index (χ0v) is 8.42. The summed E-state index contributed by atoms with van der Waals surface area (Å²) in [6.45, 7) is 1.98. The van der Waals surface area contributed by atoms with Crippen LogP contribution in [0.15, 0.2) is 12.1 Å². The number of esters is 1. The molecule has 0 saturated heterocycles. The third-order valence-electron chi connectivity index (χ3n) is 2.75. The monoisotopic (exact) mass is 209 g/mol. The summed E-state index contributed by atoms with van der Waals surface area (Å²) in [5, 5.41) is 0. The van der Waals surface area contributed by atoms with Crippen LogP contribution < -0.4 is 5.73 Å². The van der Waals surface area contributed by atoms with Crippen molar-refractivity contribution in [1.29, 1.82) is 0 Å². The molecule has 1 atom stereocenters. The van der Waals surface area contributed by atoms with Crippen LogP contribution in [0.5, 0.6) is 0 Å². The Morgan fingerprint density at radius 1 is 1.60 bits per heavy atom. The average molecular weight is 209 g/mol. The van der Waals surface area contributed by atoms with E-state index in [0.717, 1.165) is 11.1 Å². The number of benzene rings is 1. The largest absolute Gasteiger partial charge is 0.457 e. The van der Waals surface area contributed by atoms with Crippen molar-refractivity contribution in [2.45, 2.75) is 19.7 Å². The number of rotatable bonds is 2. The molecule has 3 nitrogen and oxygen atoms in total. The first-order valence-corrected chi connectivity index (χ1v) is 4.78. The van der Waals surface area contributed by atoms with Crippen molar-refractivity contribution in [3.8, 4) is 0 Å². The Kier molecular flexibility index (Phi) is 2.44. The number of halogens is 1. The van der Waals surface area contributed by atoms with Gasteiger partial charge in [0.15, 0.2) is 0 Å². The second kappa shape index (κ2) is 3.62. The quantitative estimate of drug-likeness (QED) is 0.753. The molecule has 0 amide bonds. The number of hydrogen-bond acceptors (Lipinski definition) is 3. The molecule has 4 heteroatoms. The van der Waals surface area contributed by atoms with Gasteiger partial charge in [0.05, 0.1) is 5.56 Å². The van der Waals surface area contributed by atoms with Crippen LogP contribution >= 0.6 is 0 Å². The zero-order chi connectivity index (χ0) is 11.0. The molecule has 1 aliphatic rings. The number of ether oxygens (including phenoxy) is 1. The summed E-state index contributed by atoms with van der Waals surface area (Å²) in [6.07, 6.45) is -1.17. The molecule has 80 valence electrons. The molecule has 0 spiro atoms. The van der Waals surface area contributed by atoms with Crippen LogP contribution in [0, 0.1) is 6.92 Å². The first-order chi connectivity index (χ1) is 7.15. The summed E-state index contributed by atoms with van der Waals surface area (Å²) < 4.78 is 18.3. The van der Waals surface area contributed by atoms with E-state index in [0.29, 0.717) is 11.1 Å². The lowest BCUT2D eigenvalue weighted by Gasteiger charge is -2.11. The fourth-order valence-electron chi connectivity index (χ4n) is 1.83. The van der Waals surface area contributed by atoms with Gasteiger partial charge in [-0.3, -0.25) is 0 Å². The summed E-state index contributed by atoms with van der Waals surface area (Å²) >= 11 is 0. The summed E-state index contributed by atoms with van der Waals surface area (Å²) in [6, 6.07) is 3.22. The molecule has 1 aliphatic heterocycles. The number of carbonyl (C=O) groups excluding carboxylic acids is 1. The van der Waals surface area contributed by atoms with Crippen LogP contribution in [-0.4, -0.2) is 12.5 Å². The Hall–Kier alpha value is -1.42. The number of nitrogens with two attached hydrogens (primary N) is 1. The van der Waals surface area contributed by atoms with Crippen molar-refractivity contribution in [2.24, 2.45) is 5.73 Å². The molecule has 1 unspecified atom stereocenters. The van der Waals surface area contributed by atoms with Crippen molar-refractivity contribution < 1.29 is 13.9 Å². The number of cyclic esters (lactones) is 1. The number of hydrogen-bond donors (Lipinski definition) is 1. The van der Waals surface area contributed by atoms with E-state index in [9.17, 15) is 9.18 Å². The van der Waals surface area contributed by atoms with E-state index in [1.807, 2.05) is 0 Å². The zero-order valence-electron chi connectivity index (χ0n) is 8.42. The van der Waals surface area contributed by atoms with E-state index in [4.69, 9.17) is 10.5 Å². The smallest absolute Gasteiger partial charge is 0.338 e. The van der Waals surface area contributed by atoms with Crippen LogP contribution in [0.1, 0.15) is 33.2 Å². The lowest BCUT2D eigenvalue weighted by atomic mass is 9.96. The Morgan fingerprint density at radius 2 is 2.33 bits per heavy atom. The van der Waals surface area contributed by atoms with E-state index in [1.54, 1.807) is 19.1 Å². The van der Waals surface area contributed by atoms with Crippen LogP contribution in [0.2, 0.25) is 0 Å². The fraction of sp³-hybridized carbons (Fsp3) is 0.364. The van der Waals surface area contributed by atoms with Crippen LogP contribution in [0.4, 0.5) is 4.39 Å². The Morgan fingerprint density at radius 3 is 3.00 bits per heavy atom. The molecular weight excluding hydrogens is 197 g/mol. The normalized spacial score (nSPS) is 16.1. The standard InChI is InChI=1S/C11H12FNO2/c1-6-7(10(12)4-13)2-3-8-9(6)5-15-11(8)14/h2-3,10H,4-5,13H2,1H3. The molecule has 0 aliphatic carbocycles. The minimum atomic E-state index is -1.17. The van der Waals surface area contributed by atoms with Gasteiger partial charge in [-0.05, 0) is 24.1 Å². The summed E-state index contributed by atoms with van der Waals surface area (Å²) in [7, 11) is 0. The summed E-state index contributed by atoms with van der Waals surface area (Å²) in [4.78, 5) is 11.2. The van der Waals surface area contributed by atoms with E-state index in [-0.39, 0.29) is 19.1 Å². The highest BCUT2D eigenvalue weighted by Crippen LogP contribution is 2.29. The molecule has 15 heavy (non-hydrogen) atoms. The molecule has 0 aromatic heterocycles. The summed E-state index contributed by atoms with van der Waals surface area (Å²) in [5.74, 6) is -0.331. The molecule has 0 saturated carbocycles. The highest BCUT2D eigenvalue weighted by molar-refractivity contribution is 5.93. The van der Waals surface area contributed by atoms with Gasteiger partial charge in [-0.15, -0.1) is 0 Å². The lowest BCUT2D eigenvalue weighted by Crippen LogP contribution is -2.10. The van der Waals surface area contributed by atoms with E-state index in [2.05, 4.69) is 0 Å². The third-order valence-corrected chi connectivity index (χ3v) is 2.75. The first kappa shape index (κ1) is 10.1. The van der Waals surface area contributed by atoms with Gasteiger partial charge in [-0.25, -0.2) is 9.18 Å². The molecule has 1 heterocycles. The van der Waals surface area contributed by atoms with Crippen molar-refractivity contribution in [1.82, 2.24) is 0 Å². The minimum Gasteiger partial charge on any atom is -0.457 e. The molecule has 1 aromatic carbocycles. The lowest BCUT2D eigenvalue weighted by molar-refractivity contribution is 0.0535. The fourth-order valence-corrected chi connectivity index (χ4v) is 1.83. The molecule has 2 rings (SSSR count). The van der Waals surface area contributed by atoms with Crippen molar-refractivity contribution in [3.63, 3.8) is 0 Å². The number of fused-ring (bicyclic) bond motifs is 1. The molecular formula is C11H12FNO2. The molecule has 1 aromatic rings. The highest BCUT2D eigenvalue weighted by atomic mass is 19.1. The van der Waals surface area contributed by atoms with E-state index < -0.39 is 6.17 Å². The van der Waals surface area contributed by atoms with E-state index >= 15 is 0 Å². The number of alkyl halides is 1. The topological polar surface area (TPSA) is 52.3 Å². The summed E-state index contributed by atoms with van der Waals surface area (Å²) in [5.41, 5.74) is 7.92. The van der Waals surface area contributed by atoms with Gasteiger partial charge in [0, 0.05) is 12.1 Å². The first-order valence-electron chi connectivity index (χ1n) is 4.78. The van der Waals surface area contributed by atoms with Gasteiger partial charge in [0.2, 0.25) is 0 Å². The van der Waals surface area contributed by atoms with Crippen LogP contribution in [0.25, 0.3) is 0 Å². The predicted molar refractivity (Wildman–Crippen MR) is 53.2 cm³/mol. The molecule has 0 bridgehead atoms. The van der Waals surface area contributed by atoms with Gasteiger partial charge in [-0.1, -0.05) is 6.07 Å². The van der Waals surface area contributed by atoms with Crippen molar-refractivity contribution in [3.05, 3.63) is 34.4 Å². The van der Waals surface area contributed by atoms with Gasteiger partial charge in [0.1, 0.15) is 12.8 Å². The van der Waals surface area contributed by atoms with E-state index in [1.165, 1.54) is 0 Å². The van der Waals surface area contributed by atoms with Crippen LogP contribution in [0.3, 0.4) is 0 Å². The van der Waals surface area contributed by atoms with Crippen molar-refractivity contribution >= 4 is 5.97 Å². The third kappa shape index (κ3) is 1.51. The molecule has 0 fully saturated rings. The Bertz CT molecular complexity index is 417. The Balaban J connectivity index is 2.51. The maximum atomic E-state index is 13.4. The average Bonchev–Trinajstić information content (AvgIpc) is 2.61. The Labute approximate surface area is 87.0 Å². The number of carbonyl (C=O) groups is 1.